The van der Waals surface area contributed by atoms with Gasteiger partial charge in [0.1, 0.15) is 6.54 Å². The number of hydrogen-bond donors (Lipinski definition) is 1. The second-order valence-corrected chi connectivity index (χ2v) is 7.38. The second-order valence-electron chi connectivity index (χ2n) is 7.38. The molecule has 0 radical (unpaired) electrons. The zero-order valence-corrected chi connectivity index (χ0v) is 16.7. The molecule has 0 aromatic heterocycles. The molecule has 2 aliphatic rings. The minimum atomic E-state index is -4.40. The lowest BCUT2D eigenvalue weighted by Crippen LogP contribution is -2.48. The Balaban J connectivity index is 0.00000364. The molecule has 9 heteroatoms. The largest absolute Gasteiger partial charge is 0.406 e. The smallest absolute Gasteiger partial charge is 0.342 e. The second kappa shape index (κ2) is 11.1. The van der Waals surface area contributed by atoms with Gasteiger partial charge in [-0.3, -0.25) is 9.59 Å². The molecule has 1 N–H and O–H groups in total. The zero-order valence-electron chi connectivity index (χ0n) is 15.9. The highest BCUT2D eigenvalue weighted by Gasteiger charge is 2.36. The molecule has 2 saturated heterocycles. The summed E-state index contributed by atoms with van der Waals surface area (Å²) >= 11 is 0. The number of nitrogens with zero attached hydrogens (tertiary/aromatic N) is 2. The Morgan fingerprint density at radius 3 is 2.44 bits per heavy atom. The summed E-state index contributed by atoms with van der Waals surface area (Å²) in [6.45, 7) is 3.18. The molecule has 2 rings (SSSR count). The van der Waals surface area contributed by atoms with Gasteiger partial charge in [0.15, 0.2) is 0 Å². The predicted octanol–water partition coefficient (Wildman–Crippen LogP) is 2.84. The van der Waals surface area contributed by atoms with Crippen LogP contribution >= 0.6 is 12.4 Å². The molecule has 158 valence electrons. The van der Waals surface area contributed by atoms with E-state index in [-0.39, 0.29) is 31.4 Å². The molecule has 0 aromatic carbocycles. The highest BCUT2D eigenvalue weighted by atomic mass is 35.5. The number of nitrogens with one attached hydrogen (secondary N) is 1. The van der Waals surface area contributed by atoms with Gasteiger partial charge in [-0.15, -0.1) is 12.4 Å². The molecule has 0 aromatic rings. The number of carbonyl (C=O) groups is 2. The van der Waals surface area contributed by atoms with Crippen molar-refractivity contribution in [2.24, 2.45) is 11.8 Å². The number of likely N-dealkylation sites (tertiary alicyclic amines) is 1. The molecule has 2 amide bonds. The predicted molar refractivity (Wildman–Crippen MR) is 99.7 cm³/mol. The number of hydrogen-bond acceptors (Lipinski definition) is 3. The van der Waals surface area contributed by atoms with Gasteiger partial charge in [-0.25, -0.2) is 0 Å². The van der Waals surface area contributed by atoms with E-state index in [1.807, 2.05) is 0 Å². The number of piperidine rings is 2. The van der Waals surface area contributed by atoms with Crippen LogP contribution in [0.3, 0.4) is 0 Å². The van der Waals surface area contributed by atoms with E-state index in [1.165, 1.54) is 0 Å². The summed E-state index contributed by atoms with van der Waals surface area (Å²) in [5.41, 5.74) is 0. The Bertz CT molecular complexity index is 485. The van der Waals surface area contributed by atoms with Crippen molar-refractivity contribution in [3.63, 3.8) is 0 Å². The summed E-state index contributed by atoms with van der Waals surface area (Å²) in [6, 6.07) is 0. The third-order valence-electron chi connectivity index (χ3n) is 5.41. The molecule has 5 nitrogen and oxygen atoms in total. The monoisotopic (exact) mass is 413 g/mol. The van der Waals surface area contributed by atoms with Gasteiger partial charge in [-0.05, 0) is 58.0 Å². The maximum atomic E-state index is 12.6. The highest BCUT2D eigenvalue weighted by Crippen LogP contribution is 2.24. The van der Waals surface area contributed by atoms with E-state index < -0.39 is 24.5 Å². The van der Waals surface area contributed by atoms with Crippen LogP contribution < -0.4 is 5.32 Å². The normalized spacial score (nSPS) is 21.5. The van der Waals surface area contributed by atoms with Crippen molar-refractivity contribution in [2.75, 3.05) is 39.3 Å². The first-order chi connectivity index (χ1) is 12.3. The minimum Gasteiger partial charge on any atom is -0.342 e. The Hall–Kier alpha value is -1.02. The van der Waals surface area contributed by atoms with Crippen LogP contribution in [-0.2, 0) is 9.59 Å². The van der Waals surface area contributed by atoms with Crippen molar-refractivity contribution in [3.8, 4) is 0 Å². The van der Waals surface area contributed by atoms with Gasteiger partial charge in [0.2, 0.25) is 11.8 Å². The van der Waals surface area contributed by atoms with E-state index >= 15 is 0 Å². The first kappa shape index (κ1) is 24.0. The van der Waals surface area contributed by atoms with Crippen molar-refractivity contribution < 1.29 is 22.8 Å². The minimum absolute atomic E-state index is 0. The molecule has 27 heavy (non-hydrogen) atoms. The summed E-state index contributed by atoms with van der Waals surface area (Å²) in [5.74, 6) is -0.417. The third kappa shape index (κ3) is 7.86. The van der Waals surface area contributed by atoms with Crippen molar-refractivity contribution in [3.05, 3.63) is 0 Å². The molecule has 0 spiro atoms. The van der Waals surface area contributed by atoms with Crippen LogP contribution in [0.4, 0.5) is 13.2 Å². The van der Waals surface area contributed by atoms with Crippen molar-refractivity contribution in [1.29, 1.82) is 0 Å². The van der Waals surface area contributed by atoms with Gasteiger partial charge in [-0.2, -0.15) is 13.2 Å². The van der Waals surface area contributed by atoms with Gasteiger partial charge < -0.3 is 15.1 Å². The molecule has 0 bridgehead atoms. The van der Waals surface area contributed by atoms with Crippen LogP contribution in [0.5, 0.6) is 0 Å². The molecule has 2 heterocycles. The van der Waals surface area contributed by atoms with E-state index in [0.717, 1.165) is 37.3 Å². The zero-order chi connectivity index (χ0) is 19.2. The van der Waals surface area contributed by atoms with Crippen LogP contribution in [0.1, 0.15) is 45.4 Å². The summed E-state index contributed by atoms with van der Waals surface area (Å²) < 4.78 is 37.9. The average molecular weight is 414 g/mol. The van der Waals surface area contributed by atoms with Crippen molar-refractivity contribution >= 4 is 24.2 Å². The van der Waals surface area contributed by atoms with Crippen LogP contribution in [0.15, 0.2) is 0 Å². The van der Waals surface area contributed by atoms with Gasteiger partial charge >= 0.3 is 6.18 Å². The van der Waals surface area contributed by atoms with E-state index in [4.69, 9.17) is 0 Å². The van der Waals surface area contributed by atoms with Gasteiger partial charge in [0.25, 0.3) is 0 Å². The lowest BCUT2D eigenvalue weighted by atomic mass is 9.92. The Morgan fingerprint density at radius 2 is 1.85 bits per heavy atom. The lowest BCUT2D eigenvalue weighted by Gasteiger charge is -2.35. The third-order valence-corrected chi connectivity index (χ3v) is 5.41. The number of carbonyl (C=O) groups excluding carboxylic acids is 2. The standard InChI is InChI=1S/C18H30F3N3O2.ClH/c1-2-23(13-18(19,20)21)17(26)15-4-3-11-24(12-15)16(25)6-5-14-7-9-22-10-8-14;/h14-15,22H,2-13H2,1H3;1H. The molecule has 2 fully saturated rings. The Morgan fingerprint density at radius 1 is 1.19 bits per heavy atom. The SMILES string of the molecule is CCN(CC(F)(F)F)C(=O)C1CCCN(C(=O)CCC2CCNCC2)C1.Cl. The average Bonchev–Trinajstić information content (AvgIpc) is 2.63. The van der Waals surface area contributed by atoms with E-state index in [0.29, 0.717) is 31.7 Å². The molecule has 0 aliphatic carbocycles. The first-order valence-electron chi connectivity index (χ1n) is 9.64. The summed E-state index contributed by atoms with van der Waals surface area (Å²) in [5, 5.41) is 3.30. The highest BCUT2D eigenvalue weighted by molar-refractivity contribution is 5.85. The number of alkyl halides is 3. The molecular weight excluding hydrogens is 383 g/mol. The summed E-state index contributed by atoms with van der Waals surface area (Å²) in [7, 11) is 0. The van der Waals surface area contributed by atoms with E-state index in [2.05, 4.69) is 5.32 Å². The van der Waals surface area contributed by atoms with Gasteiger partial charge in [0.05, 0.1) is 5.92 Å². The van der Waals surface area contributed by atoms with Gasteiger partial charge in [0, 0.05) is 26.1 Å². The van der Waals surface area contributed by atoms with Crippen LogP contribution in [-0.4, -0.2) is 67.1 Å². The molecule has 1 atom stereocenters. The summed E-state index contributed by atoms with van der Waals surface area (Å²) in [4.78, 5) is 27.5. The Labute approximate surface area is 165 Å². The fraction of sp³-hybridized carbons (Fsp3) is 0.889. The Kier molecular flexibility index (Phi) is 9.87. The number of halogens is 4. The molecule has 2 aliphatic heterocycles. The summed E-state index contributed by atoms with van der Waals surface area (Å²) in [6.07, 6.45) is 0.292. The van der Waals surface area contributed by atoms with Crippen LogP contribution in [0.2, 0.25) is 0 Å². The van der Waals surface area contributed by atoms with Crippen molar-refractivity contribution in [1.82, 2.24) is 15.1 Å². The fourth-order valence-corrected chi connectivity index (χ4v) is 3.88. The quantitative estimate of drug-likeness (QED) is 0.728. The lowest BCUT2D eigenvalue weighted by molar-refractivity contribution is -0.164. The number of amides is 2. The van der Waals surface area contributed by atoms with E-state index in [1.54, 1.807) is 11.8 Å². The van der Waals surface area contributed by atoms with Crippen LogP contribution in [0.25, 0.3) is 0 Å². The maximum absolute atomic E-state index is 12.6. The molecular formula is C18H31ClF3N3O2. The van der Waals surface area contributed by atoms with E-state index in [9.17, 15) is 22.8 Å². The van der Waals surface area contributed by atoms with Crippen LogP contribution in [0, 0.1) is 11.8 Å². The molecule has 0 saturated carbocycles. The maximum Gasteiger partial charge on any atom is 0.406 e. The fourth-order valence-electron chi connectivity index (χ4n) is 3.88. The van der Waals surface area contributed by atoms with Crippen molar-refractivity contribution in [2.45, 2.75) is 51.6 Å². The topological polar surface area (TPSA) is 52.7 Å². The molecule has 1 unspecified atom stereocenters. The van der Waals surface area contributed by atoms with Gasteiger partial charge in [-0.1, -0.05) is 0 Å². The first-order valence-corrected chi connectivity index (χ1v) is 9.64. The number of rotatable bonds is 6.